The summed E-state index contributed by atoms with van der Waals surface area (Å²) in [4.78, 5) is 40.3. The van der Waals surface area contributed by atoms with Gasteiger partial charge in [0.05, 0.1) is 15.7 Å². The average molecular weight is 455 g/mol. The van der Waals surface area contributed by atoms with Crippen molar-refractivity contribution in [3.05, 3.63) is 17.0 Å². The zero-order chi connectivity index (χ0) is 21.6. The summed E-state index contributed by atoms with van der Waals surface area (Å²) < 4.78 is 6.12. The third-order valence-electron chi connectivity index (χ3n) is 5.61. The number of thioether (sulfide) groups is 1. The molecule has 0 radical (unpaired) electrons. The Bertz CT molecular complexity index is 756. The molecule has 2 saturated heterocycles. The van der Waals surface area contributed by atoms with E-state index in [9.17, 15) is 14.4 Å². The molecule has 0 aromatic carbocycles. The normalized spacial score (nSPS) is 19.2. The van der Waals surface area contributed by atoms with E-state index in [1.807, 2.05) is 18.4 Å². The first-order valence-corrected chi connectivity index (χ1v) is 12.4. The van der Waals surface area contributed by atoms with Crippen LogP contribution in [0.2, 0.25) is 0 Å². The van der Waals surface area contributed by atoms with Crippen LogP contribution in [0.15, 0.2) is 16.3 Å². The molecule has 3 amide bonds. The first-order valence-electron chi connectivity index (χ1n) is 10.4. The van der Waals surface area contributed by atoms with Crippen molar-refractivity contribution >= 4 is 41.0 Å². The molecule has 166 valence electrons. The third kappa shape index (κ3) is 5.47. The molecule has 8 nitrogen and oxygen atoms in total. The number of thiophene rings is 1. The minimum absolute atomic E-state index is 0.0170. The molecule has 0 saturated carbocycles. The fourth-order valence-corrected chi connectivity index (χ4v) is 5.28. The van der Waals surface area contributed by atoms with Crippen LogP contribution in [0.5, 0.6) is 0 Å². The highest BCUT2D eigenvalue weighted by atomic mass is 32.2. The number of hydrogen-bond donors (Lipinski definition) is 3. The van der Waals surface area contributed by atoms with Gasteiger partial charge in [-0.3, -0.25) is 9.59 Å². The van der Waals surface area contributed by atoms with Gasteiger partial charge in [0.1, 0.15) is 5.54 Å². The molecule has 0 atom stereocenters. The van der Waals surface area contributed by atoms with Gasteiger partial charge in [-0.1, -0.05) is 0 Å². The van der Waals surface area contributed by atoms with Gasteiger partial charge < -0.3 is 25.6 Å². The Balaban J connectivity index is 1.61. The molecule has 3 heterocycles. The molecule has 1 aromatic rings. The molecule has 10 heteroatoms. The van der Waals surface area contributed by atoms with E-state index in [0.29, 0.717) is 63.3 Å². The lowest BCUT2D eigenvalue weighted by Gasteiger charge is -2.39. The minimum Gasteiger partial charge on any atom is -0.450 e. The second-order valence-electron chi connectivity index (χ2n) is 7.54. The monoisotopic (exact) mass is 454 g/mol. The van der Waals surface area contributed by atoms with Gasteiger partial charge in [-0.05, 0) is 64.1 Å². The lowest BCUT2D eigenvalue weighted by atomic mass is 9.86. The van der Waals surface area contributed by atoms with Gasteiger partial charge in [0.2, 0.25) is 5.91 Å². The molecule has 3 N–H and O–H groups in total. The van der Waals surface area contributed by atoms with Crippen LogP contribution in [0, 0.1) is 0 Å². The number of piperidine rings is 2. The third-order valence-corrected chi connectivity index (χ3v) is 7.77. The number of carbonyl (C=O) groups excluding carboxylic acids is 3. The number of ether oxygens (including phenoxy) is 1. The number of hydrogen-bond acceptors (Lipinski definition) is 7. The number of rotatable bonds is 6. The van der Waals surface area contributed by atoms with Gasteiger partial charge in [-0.2, -0.15) is 0 Å². The molecule has 2 fully saturated rings. The summed E-state index contributed by atoms with van der Waals surface area (Å²) in [6.07, 6.45) is 4.12. The van der Waals surface area contributed by atoms with Crippen LogP contribution >= 0.6 is 23.1 Å². The van der Waals surface area contributed by atoms with Crippen molar-refractivity contribution in [3.8, 4) is 0 Å². The number of carbonyl (C=O) groups is 3. The summed E-state index contributed by atoms with van der Waals surface area (Å²) in [7, 11) is 0. The molecule has 2 aliphatic rings. The fourth-order valence-electron chi connectivity index (χ4n) is 3.84. The zero-order valence-electron chi connectivity index (χ0n) is 17.5. The Morgan fingerprint density at radius 3 is 2.57 bits per heavy atom. The molecular weight excluding hydrogens is 424 g/mol. The van der Waals surface area contributed by atoms with E-state index in [1.165, 1.54) is 11.3 Å². The van der Waals surface area contributed by atoms with Crippen molar-refractivity contribution in [2.75, 3.05) is 39.0 Å². The minimum atomic E-state index is -0.913. The van der Waals surface area contributed by atoms with Crippen LogP contribution in [0.4, 0.5) is 4.79 Å². The summed E-state index contributed by atoms with van der Waals surface area (Å²) in [6.45, 7) is 4.60. The number of likely N-dealkylation sites (tertiary alicyclic amines) is 1. The average Bonchev–Trinajstić information content (AvgIpc) is 3.24. The van der Waals surface area contributed by atoms with Gasteiger partial charge in [-0.15, -0.1) is 23.1 Å². The number of amides is 3. The van der Waals surface area contributed by atoms with E-state index in [2.05, 4.69) is 16.0 Å². The molecule has 0 bridgehead atoms. The smallest absolute Gasteiger partial charge is 0.409 e. The van der Waals surface area contributed by atoms with Gasteiger partial charge in [-0.25, -0.2) is 4.79 Å². The highest BCUT2D eigenvalue weighted by Crippen LogP contribution is 2.27. The van der Waals surface area contributed by atoms with Gasteiger partial charge in [0, 0.05) is 19.1 Å². The Kier molecular flexibility index (Phi) is 8.01. The number of nitrogens with zero attached hydrogens (tertiary/aromatic N) is 1. The van der Waals surface area contributed by atoms with Crippen molar-refractivity contribution in [3.63, 3.8) is 0 Å². The predicted molar refractivity (Wildman–Crippen MR) is 118 cm³/mol. The van der Waals surface area contributed by atoms with E-state index in [0.717, 1.165) is 4.21 Å². The molecule has 30 heavy (non-hydrogen) atoms. The van der Waals surface area contributed by atoms with E-state index in [1.54, 1.807) is 23.6 Å². The maximum atomic E-state index is 13.3. The van der Waals surface area contributed by atoms with Crippen molar-refractivity contribution in [2.24, 2.45) is 0 Å². The van der Waals surface area contributed by atoms with Gasteiger partial charge in [0.25, 0.3) is 5.91 Å². The van der Waals surface area contributed by atoms with Crippen molar-refractivity contribution in [1.82, 2.24) is 20.9 Å². The summed E-state index contributed by atoms with van der Waals surface area (Å²) >= 11 is 3.04. The fraction of sp³-hybridized carbons (Fsp3) is 0.650. The predicted octanol–water partition coefficient (Wildman–Crippen LogP) is 2.06. The van der Waals surface area contributed by atoms with Gasteiger partial charge in [0.15, 0.2) is 0 Å². The van der Waals surface area contributed by atoms with Crippen LogP contribution in [-0.2, 0) is 9.53 Å². The Labute approximate surface area is 185 Å². The summed E-state index contributed by atoms with van der Waals surface area (Å²) in [6, 6.07) is 3.72. The maximum absolute atomic E-state index is 13.3. The van der Waals surface area contributed by atoms with Crippen LogP contribution < -0.4 is 16.0 Å². The first-order chi connectivity index (χ1) is 14.5. The molecule has 0 unspecified atom stereocenters. The zero-order valence-corrected chi connectivity index (χ0v) is 19.1. The summed E-state index contributed by atoms with van der Waals surface area (Å²) in [5, 5.41) is 9.44. The second-order valence-corrected chi connectivity index (χ2v) is 9.73. The van der Waals surface area contributed by atoms with Gasteiger partial charge >= 0.3 is 6.09 Å². The van der Waals surface area contributed by atoms with Crippen molar-refractivity contribution in [2.45, 2.75) is 48.4 Å². The Hall–Kier alpha value is -1.78. The second kappa shape index (κ2) is 10.5. The quantitative estimate of drug-likeness (QED) is 0.569. The van der Waals surface area contributed by atoms with E-state index in [-0.39, 0.29) is 23.9 Å². The van der Waals surface area contributed by atoms with Crippen LogP contribution in [-0.4, -0.2) is 73.4 Å². The lowest BCUT2D eigenvalue weighted by Crippen LogP contribution is -2.64. The van der Waals surface area contributed by atoms with E-state index < -0.39 is 5.54 Å². The van der Waals surface area contributed by atoms with E-state index >= 15 is 0 Å². The topological polar surface area (TPSA) is 99.8 Å². The SMILES string of the molecule is CCOC(=O)N1CCC(NC(=O)C2(NC(=O)c3ccc(SC)s3)CCNCC2)CC1. The number of nitrogens with one attached hydrogen (secondary N) is 3. The summed E-state index contributed by atoms with van der Waals surface area (Å²) in [5.74, 6) is -0.330. The summed E-state index contributed by atoms with van der Waals surface area (Å²) in [5.41, 5.74) is -0.913. The van der Waals surface area contributed by atoms with Crippen molar-refractivity contribution < 1.29 is 19.1 Å². The first kappa shape index (κ1) is 22.9. The largest absolute Gasteiger partial charge is 0.450 e. The Morgan fingerprint density at radius 2 is 1.97 bits per heavy atom. The maximum Gasteiger partial charge on any atom is 0.409 e. The molecule has 2 aliphatic heterocycles. The standard InChI is InChI=1S/C20H30N4O4S2/c1-3-28-19(27)24-12-6-14(7-13-24)22-18(26)20(8-10-21-11-9-20)23-17(25)15-4-5-16(29-2)30-15/h4-5,14,21H,3,6-13H2,1-2H3,(H,22,26)(H,23,25). The Morgan fingerprint density at radius 1 is 1.27 bits per heavy atom. The van der Waals surface area contributed by atoms with E-state index in [4.69, 9.17) is 4.74 Å². The van der Waals surface area contributed by atoms with Crippen LogP contribution in [0.3, 0.4) is 0 Å². The lowest BCUT2D eigenvalue weighted by molar-refractivity contribution is -0.129. The van der Waals surface area contributed by atoms with Crippen LogP contribution in [0.1, 0.15) is 42.3 Å². The molecule has 0 aliphatic carbocycles. The molecule has 3 rings (SSSR count). The molecule has 0 spiro atoms. The highest BCUT2D eigenvalue weighted by molar-refractivity contribution is 8.00. The van der Waals surface area contributed by atoms with Crippen LogP contribution in [0.25, 0.3) is 0 Å². The van der Waals surface area contributed by atoms with Crippen molar-refractivity contribution in [1.29, 1.82) is 0 Å². The molecule has 1 aromatic heterocycles. The highest BCUT2D eigenvalue weighted by Gasteiger charge is 2.42. The molecular formula is C20H30N4O4S2.